The second kappa shape index (κ2) is 8.06. The van der Waals surface area contributed by atoms with E-state index in [4.69, 9.17) is 27.9 Å². The standard InChI is InChI=1S/C18H18Cl2N2O4S/c1-11-8-14(27(24,25)22-12-2-3-12)5-7-17(11)26-10-18(23)21-13-4-6-15(19)16(20)9-13/h4-9,12,22H,2-3,10H2,1H3,(H,21,23). The van der Waals surface area contributed by atoms with Gasteiger partial charge < -0.3 is 10.1 Å². The van der Waals surface area contributed by atoms with E-state index in [0.717, 1.165) is 12.8 Å². The maximum Gasteiger partial charge on any atom is 0.262 e. The van der Waals surface area contributed by atoms with Gasteiger partial charge >= 0.3 is 0 Å². The van der Waals surface area contributed by atoms with E-state index in [1.54, 1.807) is 31.2 Å². The van der Waals surface area contributed by atoms with Gasteiger partial charge in [0.15, 0.2) is 6.61 Å². The van der Waals surface area contributed by atoms with Gasteiger partial charge in [-0.05, 0) is 61.7 Å². The highest BCUT2D eigenvalue weighted by atomic mass is 35.5. The van der Waals surface area contributed by atoms with Gasteiger partial charge in [0.05, 0.1) is 14.9 Å². The third kappa shape index (κ3) is 5.35. The lowest BCUT2D eigenvalue weighted by atomic mass is 10.2. The van der Waals surface area contributed by atoms with Crippen LogP contribution in [0, 0.1) is 6.92 Å². The number of carbonyl (C=O) groups excluding carboxylic acids is 1. The molecule has 0 aromatic heterocycles. The van der Waals surface area contributed by atoms with E-state index in [0.29, 0.717) is 27.0 Å². The van der Waals surface area contributed by atoms with Crippen LogP contribution in [-0.2, 0) is 14.8 Å². The number of aryl methyl sites for hydroxylation is 1. The molecule has 1 fully saturated rings. The minimum absolute atomic E-state index is 0.0382. The molecule has 2 aromatic carbocycles. The zero-order chi connectivity index (χ0) is 19.6. The largest absolute Gasteiger partial charge is 0.483 e. The van der Waals surface area contributed by atoms with Gasteiger partial charge in [0.25, 0.3) is 5.91 Å². The fourth-order valence-electron chi connectivity index (χ4n) is 2.35. The second-order valence-electron chi connectivity index (χ2n) is 6.29. The lowest BCUT2D eigenvalue weighted by Gasteiger charge is -2.12. The smallest absolute Gasteiger partial charge is 0.262 e. The number of rotatable bonds is 7. The number of amides is 1. The molecule has 0 saturated heterocycles. The monoisotopic (exact) mass is 428 g/mol. The topological polar surface area (TPSA) is 84.5 Å². The van der Waals surface area contributed by atoms with E-state index in [9.17, 15) is 13.2 Å². The van der Waals surface area contributed by atoms with Crippen LogP contribution in [0.1, 0.15) is 18.4 Å². The van der Waals surface area contributed by atoms with Crippen molar-refractivity contribution < 1.29 is 17.9 Å². The molecule has 1 aliphatic carbocycles. The summed E-state index contributed by atoms with van der Waals surface area (Å²) >= 11 is 11.7. The van der Waals surface area contributed by atoms with Crippen LogP contribution in [-0.4, -0.2) is 27.0 Å². The van der Waals surface area contributed by atoms with Crippen molar-refractivity contribution in [2.45, 2.75) is 30.7 Å². The van der Waals surface area contributed by atoms with E-state index in [1.807, 2.05) is 0 Å². The molecule has 6 nitrogen and oxygen atoms in total. The molecular weight excluding hydrogens is 411 g/mol. The molecule has 2 aromatic rings. The number of hydrogen-bond acceptors (Lipinski definition) is 4. The van der Waals surface area contributed by atoms with Gasteiger partial charge in [0, 0.05) is 11.7 Å². The molecule has 0 atom stereocenters. The van der Waals surface area contributed by atoms with Crippen LogP contribution >= 0.6 is 23.2 Å². The van der Waals surface area contributed by atoms with Crippen LogP contribution in [0.5, 0.6) is 5.75 Å². The second-order valence-corrected chi connectivity index (χ2v) is 8.82. The first-order valence-electron chi connectivity index (χ1n) is 8.25. The van der Waals surface area contributed by atoms with Gasteiger partial charge in [-0.1, -0.05) is 23.2 Å². The van der Waals surface area contributed by atoms with Crippen molar-refractivity contribution in [1.82, 2.24) is 4.72 Å². The third-order valence-corrected chi connectivity index (χ3v) is 6.18. The minimum Gasteiger partial charge on any atom is -0.483 e. The number of anilines is 1. The summed E-state index contributed by atoms with van der Waals surface area (Å²) in [5, 5.41) is 3.38. The lowest BCUT2D eigenvalue weighted by molar-refractivity contribution is -0.118. The number of sulfonamides is 1. The Balaban J connectivity index is 1.60. The number of carbonyl (C=O) groups is 1. The van der Waals surface area contributed by atoms with Crippen molar-refractivity contribution in [2.75, 3.05) is 11.9 Å². The average molecular weight is 429 g/mol. The van der Waals surface area contributed by atoms with Crippen LogP contribution in [0.2, 0.25) is 10.0 Å². The number of nitrogens with one attached hydrogen (secondary N) is 2. The highest BCUT2D eigenvalue weighted by Crippen LogP contribution is 2.26. The zero-order valence-electron chi connectivity index (χ0n) is 14.5. The molecule has 9 heteroatoms. The fraction of sp³-hybridized carbons (Fsp3) is 0.278. The number of benzene rings is 2. The van der Waals surface area contributed by atoms with E-state index < -0.39 is 10.0 Å². The Morgan fingerprint density at radius 1 is 1.15 bits per heavy atom. The van der Waals surface area contributed by atoms with E-state index in [-0.39, 0.29) is 23.5 Å². The number of ether oxygens (including phenoxy) is 1. The normalized spacial score (nSPS) is 14.0. The first kappa shape index (κ1) is 19.9. The van der Waals surface area contributed by atoms with Crippen molar-refractivity contribution in [1.29, 1.82) is 0 Å². The van der Waals surface area contributed by atoms with Gasteiger partial charge in [0.1, 0.15) is 5.75 Å². The van der Waals surface area contributed by atoms with Crippen molar-refractivity contribution in [3.8, 4) is 5.75 Å². The molecule has 27 heavy (non-hydrogen) atoms. The quantitative estimate of drug-likeness (QED) is 0.702. The van der Waals surface area contributed by atoms with Crippen LogP contribution in [0.15, 0.2) is 41.3 Å². The maximum atomic E-state index is 12.2. The summed E-state index contributed by atoms with van der Waals surface area (Å²) in [4.78, 5) is 12.2. The molecule has 0 bridgehead atoms. The fourth-order valence-corrected chi connectivity index (χ4v) is 4.04. The summed E-state index contributed by atoms with van der Waals surface area (Å²) in [5.74, 6) is 0.0598. The molecule has 1 saturated carbocycles. The Bertz CT molecular complexity index is 975. The van der Waals surface area contributed by atoms with Crippen molar-refractivity contribution in [3.63, 3.8) is 0 Å². The van der Waals surface area contributed by atoms with Gasteiger partial charge in [-0.25, -0.2) is 13.1 Å². The first-order valence-corrected chi connectivity index (χ1v) is 10.5. The van der Waals surface area contributed by atoms with E-state index in [2.05, 4.69) is 10.0 Å². The molecule has 3 rings (SSSR count). The van der Waals surface area contributed by atoms with Gasteiger partial charge in [-0.3, -0.25) is 4.79 Å². The maximum absolute atomic E-state index is 12.2. The Labute approximate surface area is 167 Å². The Morgan fingerprint density at radius 2 is 1.89 bits per heavy atom. The Hall–Kier alpha value is -1.80. The highest BCUT2D eigenvalue weighted by Gasteiger charge is 2.28. The van der Waals surface area contributed by atoms with E-state index in [1.165, 1.54) is 12.1 Å². The van der Waals surface area contributed by atoms with Gasteiger partial charge in [0.2, 0.25) is 10.0 Å². The molecule has 0 radical (unpaired) electrons. The van der Waals surface area contributed by atoms with Crippen LogP contribution < -0.4 is 14.8 Å². The molecule has 0 heterocycles. The molecular formula is C18H18Cl2N2O4S. The Morgan fingerprint density at radius 3 is 2.52 bits per heavy atom. The van der Waals surface area contributed by atoms with Crippen LogP contribution in [0.25, 0.3) is 0 Å². The SMILES string of the molecule is Cc1cc(S(=O)(=O)NC2CC2)ccc1OCC(=O)Nc1ccc(Cl)c(Cl)c1. The predicted molar refractivity (Wildman–Crippen MR) is 105 cm³/mol. The van der Waals surface area contributed by atoms with Gasteiger partial charge in [-0.2, -0.15) is 0 Å². The summed E-state index contributed by atoms with van der Waals surface area (Å²) in [6.07, 6.45) is 1.74. The average Bonchev–Trinajstić information content (AvgIpc) is 3.40. The molecule has 1 aliphatic rings. The molecule has 144 valence electrons. The predicted octanol–water partition coefficient (Wildman–Crippen LogP) is 3.76. The molecule has 0 aliphatic heterocycles. The van der Waals surface area contributed by atoms with Gasteiger partial charge in [-0.15, -0.1) is 0 Å². The third-order valence-electron chi connectivity index (χ3n) is 3.92. The molecule has 0 unspecified atom stereocenters. The van der Waals surface area contributed by atoms with Crippen molar-refractivity contribution >= 4 is 44.8 Å². The van der Waals surface area contributed by atoms with Crippen molar-refractivity contribution in [3.05, 3.63) is 52.0 Å². The molecule has 1 amide bonds. The van der Waals surface area contributed by atoms with Crippen LogP contribution in [0.3, 0.4) is 0 Å². The summed E-state index contributed by atoms with van der Waals surface area (Å²) in [6.45, 7) is 1.50. The summed E-state index contributed by atoms with van der Waals surface area (Å²) < 4.78 is 32.6. The minimum atomic E-state index is -3.52. The number of hydrogen-bond donors (Lipinski definition) is 2. The van der Waals surface area contributed by atoms with Crippen molar-refractivity contribution in [2.24, 2.45) is 0 Å². The Kier molecular flexibility index (Phi) is 5.95. The first-order chi connectivity index (χ1) is 12.7. The number of halogens is 2. The summed E-state index contributed by atoms with van der Waals surface area (Å²) in [6, 6.07) is 9.32. The summed E-state index contributed by atoms with van der Waals surface area (Å²) in [5.41, 5.74) is 1.12. The molecule has 0 spiro atoms. The molecule has 2 N–H and O–H groups in total. The lowest BCUT2D eigenvalue weighted by Crippen LogP contribution is -2.25. The zero-order valence-corrected chi connectivity index (χ0v) is 16.8. The van der Waals surface area contributed by atoms with Crippen LogP contribution in [0.4, 0.5) is 5.69 Å². The van der Waals surface area contributed by atoms with E-state index >= 15 is 0 Å². The highest BCUT2D eigenvalue weighted by molar-refractivity contribution is 7.89. The summed E-state index contributed by atoms with van der Waals surface area (Å²) in [7, 11) is -3.52.